The van der Waals surface area contributed by atoms with Crippen molar-refractivity contribution in [2.24, 2.45) is 0 Å². The minimum Gasteiger partial charge on any atom is -0.455 e. The van der Waals surface area contributed by atoms with Gasteiger partial charge in [0.2, 0.25) is 0 Å². The van der Waals surface area contributed by atoms with Crippen LogP contribution in [0, 0.1) is 0 Å². The fourth-order valence-corrected chi connectivity index (χ4v) is 6.14. The summed E-state index contributed by atoms with van der Waals surface area (Å²) in [4.78, 5) is 2.33. The topological polar surface area (TPSA) is 16.4 Å². The summed E-state index contributed by atoms with van der Waals surface area (Å²) in [5.41, 5.74) is 12.0. The molecule has 0 spiro atoms. The van der Waals surface area contributed by atoms with Crippen LogP contribution >= 0.6 is 0 Å². The second-order valence-corrected chi connectivity index (χ2v) is 11.0. The highest BCUT2D eigenvalue weighted by atomic mass is 16.3. The van der Waals surface area contributed by atoms with Gasteiger partial charge >= 0.3 is 0 Å². The molecule has 0 aliphatic carbocycles. The molecular weight excluding hydrogens is 534 g/mol. The van der Waals surface area contributed by atoms with Gasteiger partial charge < -0.3 is 9.32 Å². The molecule has 1 aromatic heterocycles. The van der Waals surface area contributed by atoms with Crippen molar-refractivity contribution < 1.29 is 4.42 Å². The fraction of sp³-hybridized carbons (Fsp3) is 0. The van der Waals surface area contributed by atoms with E-state index in [4.69, 9.17) is 4.42 Å². The molecule has 8 aromatic rings. The molecule has 0 radical (unpaired) electrons. The molecule has 8 rings (SSSR count). The molecule has 2 nitrogen and oxygen atoms in total. The number of rotatable bonds is 6. The van der Waals surface area contributed by atoms with Gasteiger partial charge in [0.1, 0.15) is 11.2 Å². The van der Waals surface area contributed by atoms with Crippen molar-refractivity contribution in [1.82, 2.24) is 0 Å². The van der Waals surface area contributed by atoms with E-state index >= 15 is 0 Å². The standard InChI is InChI=1S/C42H29NO/c1-4-12-30(13-5-1)31-20-22-32(23-21-31)33-24-26-36(27-25-33)43(35-16-8-3-9-17-35)39-29-28-38-37-18-10-11-19-40(37)44-42(38)41(39)34-14-6-2-7-15-34/h1-29H. The van der Waals surface area contributed by atoms with Crippen LogP contribution in [0.5, 0.6) is 0 Å². The van der Waals surface area contributed by atoms with Crippen molar-refractivity contribution in [2.45, 2.75) is 0 Å². The van der Waals surface area contributed by atoms with Gasteiger partial charge in [0, 0.05) is 27.7 Å². The average Bonchev–Trinajstić information content (AvgIpc) is 3.49. The molecule has 0 amide bonds. The lowest BCUT2D eigenvalue weighted by molar-refractivity contribution is 0.670. The van der Waals surface area contributed by atoms with Gasteiger partial charge in [-0.25, -0.2) is 0 Å². The molecule has 0 aliphatic heterocycles. The molecule has 0 aliphatic rings. The van der Waals surface area contributed by atoms with E-state index in [0.717, 1.165) is 50.1 Å². The molecule has 7 aromatic carbocycles. The van der Waals surface area contributed by atoms with Crippen molar-refractivity contribution in [3.63, 3.8) is 0 Å². The van der Waals surface area contributed by atoms with E-state index in [9.17, 15) is 0 Å². The minimum absolute atomic E-state index is 0.894. The van der Waals surface area contributed by atoms with Crippen LogP contribution in [0.4, 0.5) is 17.1 Å². The van der Waals surface area contributed by atoms with Crippen LogP contribution in [0.25, 0.3) is 55.3 Å². The van der Waals surface area contributed by atoms with Crippen LogP contribution in [0.1, 0.15) is 0 Å². The Hall–Kier alpha value is -5.86. The molecule has 0 bridgehead atoms. The van der Waals surface area contributed by atoms with Gasteiger partial charge in [-0.2, -0.15) is 0 Å². The number of hydrogen-bond donors (Lipinski definition) is 0. The fourth-order valence-electron chi connectivity index (χ4n) is 6.14. The summed E-state index contributed by atoms with van der Waals surface area (Å²) in [6.45, 7) is 0. The van der Waals surface area contributed by atoms with Gasteiger partial charge in [-0.05, 0) is 70.3 Å². The van der Waals surface area contributed by atoms with E-state index in [2.05, 4.69) is 169 Å². The van der Waals surface area contributed by atoms with E-state index in [0.29, 0.717) is 0 Å². The van der Waals surface area contributed by atoms with Gasteiger partial charge in [-0.1, -0.05) is 133 Å². The zero-order valence-corrected chi connectivity index (χ0v) is 24.1. The molecule has 1 heterocycles. The van der Waals surface area contributed by atoms with Crippen molar-refractivity contribution >= 4 is 39.0 Å². The summed E-state index contributed by atoms with van der Waals surface area (Å²) in [7, 11) is 0. The van der Waals surface area contributed by atoms with Gasteiger partial charge in [-0.3, -0.25) is 0 Å². The molecule has 0 unspecified atom stereocenters. The summed E-state index contributed by atoms with van der Waals surface area (Å²) in [6, 6.07) is 62.0. The highest BCUT2D eigenvalue weighted by Gasteiger charge is 2.22. The summed E-state index contributed by atoms with van der Waals surface area (Å²) in [5.74, 6) is 0. The number of hydrogen-bond acceptors (Lipinski definition) is 2. The first-order valence-electron chi connectivity index (χ1n) is 14.9. The van der Waals surface area contributed by atoms with Gasteiger partial charge in [0.15, 0.2) is 0 Å². The van der Waals surface area contributed by atoms with E-state index in [1.54, 1.807) is 0 Å². The molecule has 2 heteroatoms. The monoisotopic (exact) mass is 563 g/mol. The van der Waals surface area contributed by atoms with E-state index in [-0.39, 0.29) is 0 Å². The minimum atomic E-state index is 0.894. The third kappa shape index (κ3) is 4.63. The normalized spacial score (nSPS) is 11.2. The van der Waals surface area contributed by atoms with Crippen LogP contribution in [-0.2, 0) is 0 Å². The zero-order valence-electron chi connectivity index (χ0n) is 24.1. The van der Waals surface area contributed by atoms with E-state index in [1.165, 1.54) is 22.3 Å². The predicted octanol–water partition coefficient (Wildman–Crippen LogP) is 12.1. The Morgan fingerprint density at radius 2 is 0.818 bits per heavy atom. The van der Waals surface area contributed by atoms with Crippen molar-refractivity contribution in [2.75, 3.05) is 4.90 Å². The lowest BCUT2D eigenvalue weighted by Gasteiger charge is -2.28. The van der Waals surface area contributed by atoms with Crippen LogP contribution in [0.3, 0.4) is 0 Å². The summed E-state index contributed by atoms with van der Waals surface area (Å²) in [6.07, 6.45) is 0. The van der Waals surface area contributed by atoms with Crippen LogP contribution in [-0.4, -0.2) is 0 Å². The number of furan rings is 1. The number of benzene rings is 7. The maximum Gasteiger partial charge on any atom is 0.145 e. The Morgan fingerprint density at radius 3 is 1.45 bits per heavy atom. The third-order valence-corrected chi connectivity index (χ3v) is 8.29. The van der Waals surface area contributed by atoms with Crippen LogP contribution in [0.2, 0.25) is 0 Å². The second-order valence-electron chi connectivity index (χ2n) is 11.0. The Kier molecular flexibility index (Phi) is 6.51. The van der Waals surface area contributed by atoms with Gasteiger partial charge in [0.05, 0.1) is 5.69 Å². The van der Waals surface area contributed by atoms with Crippen LogP contribution < -0.4 is 4.90 Å². The van der Waals surface area contributed by atoms with Crippen molar-refractivity contribution in [3.05, 3.63) is 176 Å². The molecule has 0 N–H and O–H groups in total. The summed E-state index contributed by atoms with van der Waals surface area (Å²) in [5, 5.41) is 2.24. The zero-order chi connectivity index (χ0) is 29.3. The first-order chi connectivity index (χ1) is 21.8. The Bertz CT molecular complexity index is 2180. The molecular formula is C42H29NO. The van der Waals surface area contributed by atoms with Crippen molar-refractivity contribution in [3.8, 4) is 33.4 Å². The summed E-state index contributed by atoms with van der Waals surface area (Å²) >= 11 is 0. The van der Waals surface area contributed by atoms with Crippen molar-refractivity contribution in [1.29, 1.82) is 0 Å². The quantitative estimate of drug-likeness (QED) is 0.200. The second kappa shape index (κ2) is 11.1. The molecule has 208 valence electrons. The van der Waals surface area contributed by atoms with Gasteiger partial charge in [-0.15, -0.1) is 0 Å². The molecule has 0 saturated carbocycles. The van der Waals surface area contributed by atoms with E-state index < -0.39 is 0 Å². The SMILES string of the molecule is c1ccc(-c2ccc(-c3ccc(N(c4ccccc4)c4ccc5c(oc6ccccc65)c4-c4ccccc4)cc3)cc2)cc1. The maximum atomic E-state index is 6.59. The first-order valence-corrected chi connectivity index (χ1v) is 14.9. The largest absolute Gasteiger partial charge is 0.455 e. The predicted molar refractivity (Wildman–Crippen MR) is 185 cm³/mol. The summed E-state index contributed by atoms with van der Waals surface area (Å²) < 4.78 is 6.59. The van der Waals surface area contributed by atoms with Crippen LogP contribution in [0.15, 0.2) is 180 Å². The molecule has 0 saturated heterocycles. The average molecular weight is 564 g/mol. The Labute approximate surface area is 257 Å². The smallest absolute Gasteiger partial charge is 0.145 e. The Morgan fingerprint density at radius 1 is 0.341 bits per heavy atom. The maximum absolute atomic E-state index is 6.59. The van der Waals surface area contributed by atoms with E-state index in [1.807, 2.05) is 12.1 Å². The first kappa shape index (κ1) is 25.8. The third-order valence-electron chi connectivity index (χ3n) is 8.29. The molecule has 44 heavy (non-hydrogen) atoms. The van der Waals surface area contributed by atoms with Gasteiger partial charge in [0.25, 0.3) is 0 Å². The number of anilines is 3. The highest BCUT2D eigenvalue weighted by Crippen LogP contribution is 2.46. The lowest BCUT2D eigenvalue weighted by atomic mass is 9.98. The highest BCUT2D eigenvalue weighted by molar-refractivity contribution is 6.13. The molecule has 0 fully saturated rings. The number of nitrogens with zero attached hydrogens (tertiary/aromatic N) is 1. The number of para-hydroxylation sites is 2. The molecule has 0 atom stereocenters. The number of fused-ring (bicyclic) bond motifs is 3. The Balaban J connectivity index is 1.26. The lowest BCUT2D eigenvalue weighted by Crippen LogP contribution is -2.11.